The molecule has 36 heavy (non-hydrogen) atoms. The van der Waals surface area contributed by atoms with Crippen LogP contribution in [0.2, 0.25) is 5.28 Å². The molecular formula is C22H23ClF3N7O3. The number of halogens is 4. The highest BCUT2D eigenvalue weighted by atomic mass is 35.5. The Morgan fingerprint density at radius 2 is 2.06 bits per heavy atom. The van der Waals surface area contributed by atoms with Crippen molar-refractivity contribution in [2.24, 2.45) is 13.0 Å². The van der Waals surface area contributed by atoms with Crippen LogP contribution in [0.1, 0.15) is 42.8 Å². The lowest BCUT2D eigenvalue weighted by Crippen LogP contribution is -2.29. The molecule has 3 heterocycles. The predicted octanol–water partition coefficient (Wildman–Crippen LogP) is 4.28. The minimum Gasteiger partial charge on any atom is -0.489 e. The van der Waals surface area contributed by atoms with E-state index in [0.717, 1.165) is 18.9 Å². The monoisotopic (exact) mass is 525 g/mol. The minimum absolute atomic E-state index is 0.0428. The van der Waals surface area contributed by atoms with Crippen molar-refractivity contribution in [1.82, 2.24) is 29.9 Å². The molecule has 2 N–H and O–H groups in total. The van der Waals surface area contributed by atoms with E-state index in [1.54, 1.807) is 26.1 Å². The topological polar surface area (TPSA) is 128 Å². The van der Waals surface area contributed by atoms with Crippen LogP contribution < -0.4 is 10.1 Å². The number of nitrogens with zero attached hydrogens (tertiary/aromatic N) is 6. The number of aromatic nitrogens is 6. The summed E-state index contributed by atoms with van der Waals surface area (Å²) in [7, 11) is 1.65. The van der Waals surface area contributed by atoms with Gasteiger partial charge >= 0.3 is 12.1 Å². The highest BCUT2D eigenvalue weighted by Crippen LogP contribution is 2.32. The quantitative estimate of drug-likeness (QED) is 0.434. The molecule has 3 aromatic heterocycles. The Morgan fingerprint density at radius 3 is 2.75 bits per heavy atom. The van der Waals surface area contributed by atoms with Crippen molar-refractivity contribution in [2.45, 2.75) is 51.4 Å². The summed E-state index contributed by atoms with van der Waals surface area (Å²) in [6.45, 7) is 1.81. The van der Waals surface area contributed by atoms with Crippen molar-refractivity contribution in [3.8, 4) is 17.1 Å². The van der Waals surface area contributed by atoms with Gasteiger partial charge in [-0.1, -0.05) is 5.21 Å². The van der Waals surface area contributed by atoms with E-state index >= 15 is 0 Å². The fourth-order valence-electron chi connectivity index (χ4n) is 4.06. The van der Waals surface area contributed by atoms with Gasteiger partial charge in [-0.2, -0.15) is 13.2 Å². The van der Waals surface area contributed by atoms with Crippen LogP contribution >= 0.6 is 11.6 Å². The molecule has 192 valence electrons. The van der Waals surface area contributed by atoms with Crippen LogP contribution in [0.15, 0.2) is 18.2 Å². The normalized spacial score (nSPS) is 18.2. The number of carbonyl (C=O) groups is 1. The lowest BCUT2D eigenvalue weighted by atomic mass is 9.87. The third-order valence-electron chi connectivity index (χ3n) is 5.92. The molecule has 0 spiro atoms. The van der Waals surface area contributed by atoms with Crippen molar-refractivity contribution in [2.75, 3.05) is 5.32 Å². The molecule has 0 unspecified atom stereocenters. The molecule has 1 fully saturated rings. The summed E-state index contributed by atoms with van der Waals surface area (Å²) in [5, 5.41) is 19.7. The Hall–Kier alpha value is -3.48. The number of pyridine rings is 1. The van der Waals surface area contributed by atoms with Gasteiger partial charge in [0.1, 0.15) is 17.3 Å². The van der Waals surface area contributed by atoms with Crippen LogP contribution in [0.5, 0.6) is 5.75 Å². The number of alkyl halides is 3. The molecule has 0 aliphatic heterocycles. The van der Waals surface area contributed by atoms with E-state index in [1.807, 2.05) is 0 Å². The maximum Gasteiger partial charge on any atom is 0.433 e. The van der Waals surface area contributed by atoms with Gasteiger partial charge < -0.3 is 15.2 Å². The number of carboxylic acid groups (broad SMARTS) is 1. The van der Waals surface area contributed by atoms with Crippen molar-refractivity contribution in [3.05, 3.63) is 40.6 Å². The maximum absolute atomic E-state index is 13.0. The number of nitrogens with one attached hydrogen (secondary N) is 1. The van der Waals surface area contributed by atoms with Gasteiger partial charge in [0.15, 0.2) is 5.69 Å². The third kappa shape index (κ3) is 5.83. The van der Waals surface area contributed by atoms with Crippen LogP contribution in [0, 0.1) is 12.8 Å². The molecule has 3 aromatic rings. The predicted molar refractivity (Wildman–Crippen MR) is 122 cm³/mol. The summed E-state index contributed by atoms with van der Waals surface area (Å²) >= 11 is 5.66. The number of aliphatic carboxylic acids is 1. The largest absolute Gasteiger partial charge is 0.489 e. The van der Waals surface area contributed by atoms with Crippen LogP contribution in [-0.2, 0) is 24.6 Å². The van der Waals surface area contributed by atoms with Gasteiger partial charge in [-0.3, -0.25) is 4.79 Å². The Bertz CT molecular complexity index is 1270. The summed E-state index contributed by atoms with van der Waals surface area (Å²) in [4.78, 5) is 22.9. The zero-order valence-corrected chi connectivity index (χ0v) is 20.1. The van der Waals surface area contributed by atoms with Gasteiger partial charge in [0.05, 0.1) is 35.6 Å². The lowest BCUT2D eigenvalue weighted by molar-refractivity contribution is -0.144. The van der Waals surface area contributed by atoms with Crippen molar-refractivity contribution >= 4 is 23.4 Å². The lowest BCUT2D eigenvalue weighted by Gasteiger charge is -2.27. The molecule has 2 atom stereocenters. The zero-order valence-electron chi connectivity index (χ0n) is 19.4. The summed E-state index contributed by atoms with van der Waals surface area (Å²) in [6, 6.07) is 4.22. The maximum atomic E-state index is 13.0. The number of carboxylic acids is 1. The second-order valence-corrected chi connectivity index (χ2v) is 8.83. The summed E-state index contributed by atoms with van der Waals surface area (Å²) in [5.74, 6) is -0.776. The Balaban J connectivity index is 1.50. The van der Waals surface area contributed by atoms with E-state index in [0.29, 0.717) is 41.4 Å². The molecular weight excluding hydrogens is 503 g/mol. The molecule has 0 saturated heterocycles. The third-order valence-corrected chi connectivity index (χ3v) is 6.09. The van der Waals surface area contributed by atoms with Gasteiger partial charge in [0, 0.05) is 13.1 Å². The molecule has 1 aliphatic rings. The molecule has 0 amide bonds. The first-order valence-electron chi connectivity index (χ1n) is 11.1. The molecule has 4 rings (SSSR count). The molecule has 1 saturated carbocycles. The SMILES string of the molecule is Cc1nc(-c2nnn(C)c2CNc2cc(C(F)(F)F)nc(Cl)n2)ccc1O[C@H]1CCC[C@H](C(=O)O)C1. The highest BCUT2D eigenvalue weighted by Gasteiger charge is 2.33. The summed E-state index contributed by atoms with van der Waals surface area (Å²) in [5.41, 5.74) is 0.907. The molecule has 10 nitrogen and oxygen atoms in total. The Labute approximate surface area is 208 Å². The molecule has 14 heteroatoms. The van der Waals surface area contributed by atoms with E-state index in [1.165, 1.54) is 4.68 Å². The van der Waals surface area contributed by atoms with Crippen molar-refractivity contribution in [1.29, 1.82) is 0 Å². The smallest absolute Gasteiger partial charge is 0.433 e. The van der Waals surface area contributed by atoms with Gasteiger partial charge in [0.25, 0.3) is 0 Å². The standard InChI is InChI=1S/C22H23ClF3N7O3/c1-11-16(36-13-5-3-4-12(8-13)20(34)35)7-6-14(28-11)19-15(33(2)32-31-19)10-27-18-9-17(22(24,25)26)29-21(23)30-18/h6-7,9,12-13H,3-5,8,10H2,1-2H3,(H,34,35)(H,27,29,30)/t12-,13-/m0/s1. The average molecular weight is 526 g/mol. The van der Waals surface area contributed by atoms with Crippen LogP contribution in [0.4, 0.5) is 19.0 Å². The first-order valence-corrected chi connectivity index (χ1v) is 11.5. The number of anilines is 1. The fraction of sp³-hybridized carbons (Fsp3) is 0.455. The molecule has 1 aliphatic carbocycles. The van der Waals surface area contributed by atoms with Gasteiger partial charge in [-0.05, 0) is 56.3 Å². The number of hydrogen-bond donors (Lipinski definition) is 2. The first kappa shape index (κ1) is 25.6. The minimum atomic E-state index is -4.67. The van der Waals surface area contributed by atoms with E-state index in [9.17, 15) is 23.1 Å². The van der Waals surface area contributed by atoms with Crippen LogP contribution in [0.25, 0.3) is 11.4 Å². The Morgan fingerprint density at radius 1 is 1.28 bits per heavy atom. The average Bonchev–Trinajstić information content (AvgIpc) is 3.18. The van der Waals surface area contributed by atoms with E-state index in [4.69, 9.17) is 16.3 Å². The van der Waals surface area contributed by atoms with E-state index < -0.39 is 29.0 Å². The second-order valence-electron chi connectivity index (χ2n) is 8.49. The van der Waals surface area contributed by atoms with Crippen molar-refractivity contribution in [3.63, 3.8) is 0 Å². The van der Waals surface area contributed by atoms with E-state index in [-0.39, 0.29) is 18.5 Å². The second kappa shape index (κ2) is 10.2. The van der Waals surface area contributed by atoms with Gasteiger partial charge in [-0.25, -0.2) is 19.6 Å². The number of ether oxygens (including phenoxy) is 1. The Kier molecular flexibility index (Phi) is 7.29. The van der Waals surface area contributed by atoms with E-state index in [2.05, 4.69) is 30.6 Å². The first-order chi connectivity index (χ1) is 17.0. The molecule has 0 radical (unpaired) electrons. The van der Waals surface area contributed by atoms with Gasteiger partial charge in [-0.15, -0.1) is 5.10 Å². The zero-order chi connectivity index (χ0) is 26.0. The van der Waals surface area contributed by atoms with Crippen molar-refractivity contribution < 1.29 is 27.8 Å². The molecule has 0 aromatic carbocycles. The summed E-state index contributed by atoms with van der Waals surface area (Å²) in [6.07, 6.45) is -2.23. The summed E-state index contributed by atoms with van der Waals surface area (Å²) < 4.78 is 46.6. The number of aryl methyl sites for hydroxylation is 2. The molecule has 0 bridgehead atoms. The van der Waals surface area contributed by atoms with Gasteiger partial charge in [0.2, 0.25) is 5.28 Å². The number of rotatable bonds is 7. The van der Waals surface area contributed by atoms with Crippen LogP contribution in [0.3, 0.4) is 0 Å². The number of hydrogen-bond acceptors (Lipinski definition) is 8. The van der Waals surface area contributed by atoms with Crippen LogP contribution in [-0.4, -0.2) is 47.1 Å². The fourth-order valence-corrected chi connectivity index (χ4v) is 4.24. The highest BCUT2D eigenvalue weighted by molar-refractivity contribution is 6.28.